The van der Waals surface area contributed by atoms with E-state index in [1.165, 1.54) is 32.0 Å². The smallest absolute Gasteiger partial charge is 0.143 e. The Bertz CT molecular complexity index is 396. The summed E-state index contributed by atoms with van der Waals surface area (Å²) in [4.78, 5) is 0. The van der Waals surface area contributed by atoms with Crippen molar-refractivity contribution < 1.29 is 14.6 Å². The van der Waals surface area contributed by atoms with E-state index in [2.05, 4.69) is 11.8 Å². The average Bonchev–Trinajstić information content (AvgIpc) is 2.14. The Morgan fingerprint density at radius 3 is 2.47 bits per heavy atom. The fourth-order valence-electron chi connectivity index (χ4n) is 1.02. The van der Waals surface area contributed by atoms with Crippen molar-refractivity contribution in [3.05, 3.63) is 35.6 Å². The number of halogens is 1. The van der Waals surface area contributed by atoms with E-state index >= 15 is 0 Å². The van der Waals surface area contributed by atoms with E-state index in [1.54, 1.807) is 6.07 Å². The van der Waals surface area contributed by atoms with Gasteiger partial charge in [-0.2, -0.15) is 0 Å². The van der Waals surface area contributed by atoms with Gasteiger partial charge in [-0.05, 0) is 19.9 Å². The standard InChI is InChI=1S/C12H13FO2/c1-12(2,15)8-7-11(14)9-5-3-4-6-10(9)13/h3-6,11,14-15H,1-2H3. The van der Waals surface area contributed by atoms with Crippen LogP contribution in [0.5, 0.6) is 0 Å². The average molecular weight is 208 g/mol. The summed E-state index contributed by atoms with van der Waals surface area (Å²) in [6, 6.07) is 5.87. The summed E-state index contributed by atoms with van der Waals surface area (Å²) in [5.41, 5.74) is -1.07. The number of hydrogen-bond acceptors (Lipinski definition) is 2. The molecule has 0 spiro atoms. The van der Waals surface area contributed by atoms with Gasteiger partial charge in [0.1, 0.15) is 17.5 Å². The molecule has 0 aromatic heterocycles. The Kier molecular flexibility index (Phi) is 3.46. The summed E-state index contributed by atoms with van der Waals surface area (Å²) in [6.07, 6.45) is -1.21. The molecule has 1 aromatic rings. The van der Waals surface area contributed by atoms with Crippen LogP contribution in [0.15, 0.2) is 24.3 Å². The third kappa shape index (κ3) is 3.70. The van der Waals surface area contributed by atoms with Gasteiger partial charge in [0.2, 0.25) is 0 Å². The fourth-order valence-corrected chi connectivity index (χ4v) is 1.02. The van der Waals surface area contributed by atoms with Gasteiger partial charge in [0.15, 0.2) is 0 Å². The highest BCUT2D eigenvalue weighted by Gasteiger charge is 2.11. The van der Waals surface area contributed by atoms with Crippen LogP contribution in [0.1, 0.15) is 25.5 Å². The van der Waals surface area contributed by atoms with Gasteiger partial charge in [0.25, 0.3) is 0 Å². The first-order valence-corrected chi connectivity index (χ1v) is 4.58. The maximum absolute atomic E-state index is 13.2. The van der Waals surface area contributed by atoms with Gasteiger partial charge in [-0.1, -0.05) is 30.0 Å². The van der Waals surface area contributed by atoms with Crippen LogP contribution in [0.25, 0.3) is 0 Å². The van der Waals surface area contributed by atoms with Crippen LogP contribution in [0.2, 0.25) is 0 Å². The Morgan fingerprint density at radius 1 is 1.33 bits per heavy atom. The highest BCUT2D eigenvalue weighted by molar-refractivity contribution is 5.27. The van der Waals surface area contributed by atoms with Gasteiger partial charge in [-0.3, -0.25) is 0 Å². The summed E-state index contributed by atoms with van der Waals surface area (Å²) < 4.78 is 13.2. The molecule has 80 valence electrons. The summed E-state index contributed by atoms with van der Waals surface area (Å²) >= 11 is 0. The van der Waals surface area contributed by atoms with E-state index in [9.17, 15) is 14.6 Å². The summed E-state index contributed by atoms with van der Waals surface area (Å²) in [5.74, 6) is 4.33. The number of benzene rings is 1. The molecule has 15 heavy (non-hydrogen) atoms. The van der Waals surface area contributed by atoms with Crippen molar-refractivity contribution in [2.75, 3.05) is 0 Å². The van der Waals surface area contributed by atoms with Crippen LogP contribution in [0.4, 0.5) is 4.39 Å². The molecular weight excluding hydrogens is 195 g/mol. The largest absolute Gasteiger partial charge is 0.378 e. The maximum atomic E-state index is 13.2. The zero-order valence-corrected chi connectivity index (χ0v) is 8.66. The molecule has 1 unspecified atom stereocenters. The quantitative estimate of drug-likeness (QED) is 0.689. The Morgan fingerprint density at radius 2 is 1.93 bits per heavy atom. The van der Waals surface area contributed by atoms with E-state index in [0.717, 1.165) is 0 Å². The Labute approximate surface area is 88.4 Å². The number of hydrogen-bond donors (Lipinski definition) is 2. The SMILES string of the molecule is CC(C)(O)C#CC(O)c1ccccc1F. The van der Waals surface area contributed by atoms with Crippen molar-refractivity contribution in [1.29, 1.82) is 0 Å². The summed E-state index contributed by atoms with van der Waals surface area (Å²) in [5, 5.41) is 18.8. The zero-order valence-electron chi connectivity index (χ0n) is 8.66. The summed E-state index contributed by atoms with van der Waals surface area (Å²) in [7, 11) is 0. The lowest BCUT2D eigenvalue weighted by Crippen LogP contribution is -2.15. The van der Waals surface area contributed by atoms with Gasteiger partial charge < -0.3 is 10.2 Å². The van der Waals surface area contributed by atoms with Crippen LogP contribution in [-0.4, -0.2) is 15.8 Å². The number of aliphatic hydroxyl groups excluding tert-OH is 1. The molecule has 0 bridgehead atoms. The van der Waals surface area contributed by atoms with Crippen molar-refractivity contribution in [2.45, 2.75) is 25.6 Å². The minimum absolute atomic E-state index is 0.120. The van der Waals surface area contributed by atoms with E-state index in [4.69, 9.17) is 0 Å². The first-order chi connectivity index (χ1) is 6.90. The van der Waals surface area contributed by atoms with Gasteiger partial charge in [0.05, 0.1) is 0 Å². The van der Waals surface area contributed by atoms with Gasteiger partial charge in [-0.15, -0.1) is 0 Å². The molecule has 0 saturated carbocycles. The van der Waals surface area contributed by atoms with Gasteiger partial charge in [-0.25, -0.2) is 4.39 Å². The molecule has 0 aliphatic heterocycles. The third-order valence-corrected chi connectivity index (χ3v) is 1.71. The number of rotatable bonds is 1. The van der Waals surface area contributed by atoms with E-state index in [1.807, 2.05) is 0 Å². The van der Waals surface area contributed by atoms with Crippen LogP contribution >= 0.6 is 0 Å². The molecule has 3 heteroatoms. The maximum Gasteiger partial charge on any atom is 0.143 e. The van der Waals surface area contributed by atoms with Crippen molar-refractivity contribution in [3.63, 3.8) is 0 Å². The highest BCUT2D eigenvalue weighted by Crippen LogP contribution is 2.15. The minimum Gasteiger partial charge on any atom is -0.378 e. The second-order valence-electron chi connectivity index (χ2n) is 3.75. The van der Waals surface area contributed by atoms with Crippen molar-refractivity contribution >= 4 is 0 Å². The molecule has 0 heterocycles. The van der Waals surface area contributed by atoms with Crippen LogP contribution < -0.4 is 0 Å². The molecule has 1 rings (SSSR count). The lowest BCUT2D eigenvalue weighted by Gasteiger charge is -2.08. The lowest BCUT2D eigenvalue weighted by atomic mass is 10.1. The van der Waals surface area contributed by atoms with Crippen LogP contribution in [0, 0.1) is 17.7 Å². The zero-order chi connectivity index (χ0) is 11.5. The van der Waals surface area contributed by atoms with Gasteiger partial charge in [0, 0.05) is 5.56 Å². The predicted molar refractivity (Wildman–Crippen MR) is 55.4 cm³/mol. The lowest BCUT2D eigenvalue weighted by molar-refractivity contribution is 0.142. The minimum atomic E-state index is -1.21. The normalized spacial score (nSPS) is 12.9. The molecule has 0 aliphatic rings. The van der Waals surface area contributed by atoms with E-state index < -0.39 is 17.5 Å². The monoisotopic (exact) mass is 208 g/mol. The molecule has 0 amide bonds. The Hall–Kier alpha value is -1.37. The second-order valence-corrected chi connectivity index (χ2v) is 3.75. The first-order valence-electron chi connectivity index (χ1n) is 4.58. The predicted octanol–water partition coefficient (Wildman–Crippen LogP) is 1.63. The van der Waals surface area contributed by atoms with Crippen molar-refractivity contribution in [2.24, 2.45) is 0 Å². The second kappa shape index (κ2) is 4.43. The molecule has 0 saturated heterocycles. The highest BCUT2D eigenvalue weighted by atomic mass is 19.1. The van der Waals surface area contributed by atoms with Crippen molar-refractivity contribution in [1.82, 2.24) is 0 Å². The summed E-state index contributed by atoms with van der Waals surface area (Å²) in [6.45, 7) is 2.99. The van der Waals surface area contributed by atoms with Gasteiger partial charge >= 0.3 is 0 Å². The van der Waals surface area contributed by atoms with Crippen molar-refractivity contribution in [3.8, 4) is 11.8 Å². The van der Waals surface area contributed by atoms with Crippen LogP contribution in [0.3, 0.4) is 0 Å². The molecule has 2 N–H and O–H groups in total. The van der Waals surface area contributed by atoms with E-state index in [-0.39, 0.29) is 5.56 Å². The molecule has 0 aliphatic carbocycles. The topological polar surface area (TPSA) is 40.5 Å². The molecule has 1 atom stereocenters. The third-order valence-electron chi connectivity index (χ3n) is 1.71. The fraction of sp³-hybridized carbons (Fsp3) is 0.333. The number of aliphatic hydroxyl groups is 2. The molecule has 1 aromatic carbocycles. The molecule has 0 fully saturated rings. The first kappa shape index (κ1) is 11.7. The Balaban J connectivity index is 2.90. The molecular formula is C12H13FO2. The van der Waals surface area contributed by atoms with E-state index in [0.29, 0.717) is 0 Å². The van der Waals surface area contributed by atoms with Crippen LogP contribution in [-0.2, 0) is 0 Å². The molecule has 0 radical (unpaired) electrons. The molecule has 2 nitrogen and oxygen atoms in total.